The molecule has 2 aliphatic rings. The molecule has 0 aliphatic carbocycles. The Balaban J connectivity index is 1.62. The van der Waals surface area contributed by atoms with Gasteiger partial charge in [0.25, 0.3) is 0 Å². The maximum Gasteiger partial charge on any atom is 0.214 e. The van der Waals surface area contributed by atoms with Gasteiger partial charge in [-0.05, 0) is 57.6 Å². The van der Waals surface area contributed by atoms with Crippen molar-refractivity contribution in [3.63, 3.8) is 0 Å². The van der Waals surface area contributed by atoms with Gasteiger partial charge in [0.2, 0.25) is 10.0 Å². The van der Waals surface area contributed by atoms with E-state index in [1.54, 1.807) is 18.3 Å². The van der Waals surface area contributed by atoms with Gasteiger partial charge in [-0.15, -0.1) is 0 Å². The lowest BCUT2D eigenvalue weighted by Gasteiger charge is -2.32. The Labute approximate surface area is 185 Å². The molecule has 1 aromatic carbocycles. The molecule has 3 heterocycles. The minimum atomic E-state index is -3.27. The number of aromatic nitrogens is 2. The summed E-state index contributed by atoms with van der Waals surface area (Å²) in [6.45, 7) is 6.06. The van der Waals surface area contributed by atoms with E-state index >= 15 is 0 Å². The summed E-state index contributed by atoms with van der Waals surface area (Å²) in [7, 11) is -1.57. The lowest BCUT2D eigenvalue weighted by molar-refractivity contribution is 0.383. The normalized spacial score (nSPS) is 19.5. The molecule has 1 saturated heterocycles. The van der Waals surface area contributed by atoms with Crippen LogP contribution in [-0.2, 0) is 22.9 Å². The number of methoxy groups -OCH3 is 1. The van der Waals surface area contributed by atoms with Crippen molar-refractivity contribution in [2.45, 2.75) is 52.0 Å². The van der Waals surface area contributed by atoms with Crippen LogP contribution in [0.2, 0.25) is 0 Å². The molecule has 2 aromatic rings. The third-order valence-electron chi connectivity index (χ3n) is 6.43. The predicted molar refractivity (Wildman–Crippen MR) is 122 cm³/mol. The summed E-state index contributed by atoms with van der Waals surface area (Å²) >= 11 is 0. The van der Waals surface area contributed by atoms with E-state index in [0.29, 0.717) is 12.4 Å². The zero-order chi connectivity index (χ0) is 22.0. The Morgan fingerprint density at radius 2 is 1.97 bits per heavy atom. The summed E-state index contributed by atoms with van der Waals surface area (Å²) in [5, 5.41) is 0. The van der Waals surface area contributed by atoms with E-state index in [-0.39, 0.29) is 11.8 Å². The van der Waals surface area contributed by atoms with Crippen LogP contribution in [0, 0.1) is 6.92 Å². The molecule has 0 bridgehead atoms. The van der Waals surface area contributed by atoms with E-state index in [0.717, 1.165) is 62.5 Å². The highest BCUT2D eigenvalue weighted by Gasteiger charge is 2.37. The maximum absolute atomic E-state index is 12.6. The van der Waals surface area contributed by atoms with E-state index in [1.165, 1.54) is 11.1 Å². The second-order valence-corrected chi connectivity index (χ2v) is 10.5. The molecule has 1 atom stereocenters. The minimum Gasteiger partial charge on any atom is -0.496 e. The highest BCUT2D eigenvalue weighted by atomic mass is 32.2. The van der Waals surface area contributed by atoms with E-state index in [4.69, 9.17) is 14.7 Å². The zero-order valence-corrected chi connectivity index (χ0v) is 19.5. The first-order valence-electron chi connectivity index (χ1n) is 11.2. The summed E-state index contributed by atoms with van der Waals surface area (Å²) in [4.78, 5) is 12.1. The topological polar surface area (TPSA) is 75.6 Å². The SMILES string of the molecule is CCS(=O)(=O)N1CCC[C@H]1c1nc(C)c2c(n1)N(CCc1ccccc1OC)CCC2. The smallest absolute Gasteiger partial charge is 0.214 e. The molecule has 0 amide bonds. The van der Waals surface area contributed by atoms with E-state index in [2.05, 4.69) is 11.0 Å². The van der Waals surface area contributed by atoms with Crippen molar-refractivity contribution in [3.05, 3.63) is 46.9 Å². The molecule has 2 aliphatic heterocycles. The molecule has 0 spiro atoms. The van der Waals surface area contributed by atoms with Crippen molar-refractivity contribution in [3.8, 4) is 5.75 Å². The molecule has 0 unspecified atom stereocenters. The number of nitrogens with zero attached hydrogens (tertiary/aromatic N) is 4. The summed E-state index contributed by atoms with van der Waals surface area (Å²) < 4.78 is 32.3. The molecule has 0 N–H and O–H groups in total. The van der Waals surface area contributed by atoms with Crippen molar-refractivity contribution < 1.29 is 13.2 Å². The van der Waals surface area contributed by atoms with Crippen LogP contribution in [0.4, 0.5) is 5.82 Å². The molecule has 8 heteroatoms. The van der Waals surface area contributed by atoms with Gasteiger partial charge in [0.05, 0.1) is 18.9 Å². The fraction of sp³-hybridized carbons (Fsp3) is 0.565. The van der Waals surface area contributed by atoms with Gasteiger partial charge in [-0.2, -0.15) is 4.31 Å². The van der Waals surface area contributed by atoms with Crippen molar-refractivity contribution >= 4 is 15.8 Å². The van der Waals surface area contributed by atoms with Gasteiger partial charge in [0.1, 0.15) is 17.4 Å². The molecular formula is C23H32N4O3S. The fourth-order valence-corrected chi connectivity index (χ4v) is 6.06. The number of benzene rings is 1. The first kappa shape index (κ1) is 22.0. The van der Waals surface area contributed by atoms with Gasteiger partial charge in [0.15, 0.2) is 0 Å². The first-order chi connectivity index (χ1) is 14.9. The second-order valence-electron chi connectivity index (χ2n) is 8.29. The summed E-state index contributed by atoms with van der Waals surface area (Å²) in [6.07, 6.45) is 4.53. The molecule has 1 fully saturated rings. The van der Waals surface area contributed by atoms with E-state index < -0.39 is 10.0 Å². The highest BCUT2D eigenvalue weighted by molar-refractivity contribution is 7.89. The van der Waals surface area contributed by atoms with Gasteiger partial charge in [-0.1, -0.05) is 18.2 Å². The van der Waals surface area contributed by atoms with Crippen LogP contribution in [0.15, 0.2) is 24.3 Å². The number of hydrogen-bond donors (Lipinski definition) is 0. The number of hydrogen-bond acceptors (Lipinski definition) is 6. The van der Waals surface area contributed by atoms with Gasteiger partial charge in [0, 0.05) is 30.9 Å². The van der Waals surface area contributed by atoms with Gasteiger partial charge in [-0.3, -0.25) is 0 Å². The number of fused-ring (bicyclic) bond motifs is 1. The molecule has 4 rings (SSSR count). The average molecular weight is 445 g/mol. The van der Waals surface area contributed by atoms with Gasteiger partial charge < -0.3 is 9.64 Å². The van der Waals surface area contributed by atoms with E-state index in [1.807, 2.05) is 25.1 Å². The van der Waals surface area contributed by atoms with Crippen molar-refractivity contribution in [1.82, 2.24) is 14.3 Å². The Kier molecular flexibility index (Phi) is 6.48. The molecule has 0 saturated carbocycles. The molecule has 168 valence electrons. The third-order valence-corrected chi connectivity index (χ3v) is 8.31. The Morgan fingerprint density at radius 3 is 2.74 bits per heavy atom. The molecule has 31 heavy (non-hydrogen) atoms. The largest absolute Gasteiger partial charge is 0.496 e. The standard InChI is InChI=1S/C23H32N4O3S/c1-4-31(28,29)27-15-8-11-20(27)22-24-17(2)19-10-7-14-26(23(19)25-22)16-13-18-9-5-6-12-21(18)30-3/h5-6,9,12,20H,4,7-8,10-11,13-16H2,1-3H3/t20-/m0/s1. The minimum absolute atomic E-state index is 0.110. The molecular weight excluding hydrogens is 412 g/mol. The second kappa shape index (κ2) is 9.12. The summed E-state index contributed by atoms with van der Waals surface area (Å²) in [5.74, 6) is 2.64. The molecule has 0 radical (unpaired) electrons. The van der Waals surface area contributed by atoms with E-state index in [9.17, 15) is 8.42 Å². The average Bonchev–Trinajstić information content (AvgIpc) is 3.29. The van der Waals surface area contributed by atoms with Gasteiger partial charge >= 0.3 is 0 Å². The molecule has 7 nitrogen and oxygen atoms in total. The molecule has 1 aromatic heterocycles. The van der Waals surface area contributed by atoms with Crippen LogP contribution in [-0.4, -0.2) is 55.2 Å². The number of aryl methyl sites for hydroxylation is 1. The Hall–Kier alpha value is -2.19. The van der Waals surface area contributed by atoms with Crippen molar-refractivity contribution in [2.75, 3.05) is 37.4 Å². The first-order valence-corrected chi connectivity index (χ1v) is 12.8. The van der Waals surface area contributed by atoms with Gasteiger partial charge in [-0.25, -0.2) is 18.4 Å². The van der Waals surface area contributed by atoms with Crippen LogP contribution in [0.5, 0.6) is 5.75 Å². The fourth-order valence-electron chi connectivity index (χ4n) is 4.74. The lowest BCUT2D eigenvalue weighted by Crippen LogP contribution is -2.35. The summed E-state index contributed by atoms with van der Waals surface area (Å²) in [5.41, 5.74) is 3.35. The van der Waals surface area contributed by atoms with Crippen LogP contribution in [0.1, 0.15) is 54.9 Å². The summed E-state index contributed by atoms with van der Waals surface area (Å²) in [6, 6.07) is 7.86. The third kappa shape index (κ3) is 4.41. The van der Waals surface area contributed by atoms with Crippen LogP contribution in [0.25, 0.3) is 0 Å². The Morgan fingerprint density at radius 1 is 1.16 bits per heavy atom. The predicted octanol–water partition coefficient (Wildman–Crippen LogP) is 3.28. The van der Waals surface area contributed by atoms with Crippen molar-refractivity contribution in [2.24, 2.45) is 0 Å². The number of anilines is 1. The monoisotopic (exact) mass is 444 g/mol. The number of sulfonamides is 1. The zero-order valence-electron chi connectivity index (χ0n) is 18.7. The van der Waals surface area contributed by atoms with Crippen LogP contribution < -0.4 is 9.64 Å². The number of rotatable bonds is 7. The lowest BCUT2D eigenvalue weighted by atomic mass is 10.0. The maximum atomic E-state index is 12.6. The van der Waals surface area contributed by atoms with Crippen LogP contribution >= 0.6 is 0 Å². The van der Waals surface area contributed by atoms with Crippen molar-refractivity contribution in [1.29, 1.82) is 0 Å². The number of para-hydroxylation sites is 1. The number of ether oxygens (including phenoxy) is 1. The highest BCUT2D eigenvalue weighted by Crippen LogP contribution is 2.36. The quantitative estimate of drug-likeness (QED) is 0.652. The Bertz CT molecular complexity index is 1040. The van der Waals surface area contributed by atoms with Crippen LogP contribution in [0.3, 0.4) is 0 Å².